The second-order valence-corrected chi connectivity index (χ2v) is 6.59. The van der Waals surface area contributed by atoms with Gasteiger partial charge in [0.15, 0.2) is 0 Å². The lowest BCUT2D eigenvalue weighted by Crippen LogP contribution is -2.36. The fourth-order valence-electron chi connectivity index (χ4n) is 3.37. The standard InChI is InChI=1S/C21H21N3O2/c1-15-14-24(11-4-12-26-15)21(25)18-13-20(16-7-9-22-10-8-16)23-19-6-3-2-5-17(18)19/h2-3,5-10,13,15H,4,11-12,14H2,1H3. The first-order valence-corrected chi connectivity index (χ1v) is 8.93. The molecule has 3 aromatic rings. The molecule has 0 radical (unpaired) electrons. The predicted octanol–water partition coefficient (Wildman–Crippen LogP) is 3.55. The molecular weight excluding hydrogens is 326 g/mol. The SMILES string of the molecule is CC1CN(C(=O)c2cc(-c3ccncc3)nc3ccccc23)CCCO1. The highest BCUT2D eigenvalue weighted by molar-refractivity contribution is 6.07. The van der Waals surface area contributed by atoms with E-state index in [2.05, 4.69) is 4.98 Å². The first-order chi connectivity index (χ1) is 12.7. The van der Waals surface area contributed by atoms with Crippen molar-refractivity contribution in [3.05, 3.63) is 60.4 Å². The molecule has 0 spiro atoms. The molecule has 0 aliphatic carbocycles. The number of benzene rings is 1. The minimum absolute atomic E-state index is 0.0382. The number of rotatable bonds is 2. The van der Waals surface area contributed by atoms with Crippen molar-refractivity contribution in [3.8, 4) is 11.3 Å². The molecular formula is C21H21N3O2. The molecule has 3 heterocycles. The fraction of sp³-hybridized carbons (Fsp3) is 0.286. The van der Waals surface area contributed by atoms with Gasteiger partial charge in [-0.1, -0.05) is 18.2 Å². The van der Waals surface area contributed by atoms with Crippen LogP contribution in [0.15, 0.2) is 54.9 Å². The van der Waals surface area contributed by atoms with Crippen LogP contribution < -0.4 is 0 Å². The van der Waals surface area contributed by atoms with E-state index in [4.69, 9.17) is 9.72 Å². The molecule has 1 amide bonds. The Kier molecular flexibility index (Phi) is 4.63. The molecule has 0 saturated carbocycles. The lowest BCUT2D eigenvalue weighted by atomic mass is 10.0. The summed E-state index contributed by atoms with van der Waals surface area (Å²) in [4.78, 5) is 24.0. The summed E-state index contributed by atoms with van der Waals surface area (Å²) in [5.41, 5.74) is 3.25. The number of fused-ring (bicyclic) bond motifs is 1. The monoisotopic (exact) mass is 347 g/mol. The van der Waals surface area contributed by atoms with Crippen LogP contribution in [0.3, 0.4) is 0 Å². The molecule has 26 heavy (non-hydrogen) atoms. The van der Waals surface area contributed by atoms with Crippen LogP contribution in [0.4, 0.5) is 0 Å². The Morgan fingerprint density at radius 1 is 1.19 bits per heavy atom. The number of para-hydroxylation sites is 1. The molecule has 1 aliphatic rings. The van der Waals surface area contributed by atoms with E-state index in [-0.39, 0.29) is 12.0 Å². The normalized spacial score (nSPS) is 17.9. The highest BCUT2D eigenvalue weighted by Crippen LogP contribution is 2.26. The highest BCUT2D eigenvalue weighted by Gasteiger charge is 2.23. The van der Waals surface area contributed by atoms with Gasteiger partial charge in [0.2, 0.25) is 0 Å². The van der Waals surface area contributed by atoms with Crippen LogP contribution in [0.2, 0.25) is 0 Å². The second kappa shape index (κ2) is 7.22. The molecule has 5 heteroatoms. The first kappa shape index (κ1) is 16.7. The van der Waals surface area contributed by atoms with Gasteiger partial charge in [0.05, 0.1) is 22.9 Å². The van der Waals surface area contributed by atoms with Crippen molar-refractivity contribution in [3.63, 3.8) is 0 Å². The summed E-state index contributed by atoms with van der Waals surface area (Å²) in [6.07, 6.45) is 4.38. The van der Waals surface area contributed by atoms with E-state index >= 15 is 0 Å². The van der Waals surface area contributed by atoms with Gasteiger partial charge in [-0.2, -0.15) is 0 Å². The van der Waals surface area contributed by atoms with Crippen molar-refractivity contribution >= 4 is 16.8 Å². The van der Waals surface area contributed by atoms with Crippen molar-refractivity contribution in [2.45, 2.75) is 19.4 Å². The highest BCUT2D eigenvalue weighted by atomic mass is 16.5. The third-order valence-corrected chi connectivity index (χ3v) is 4.66. The molecule has 1 saturated heterocycles. The molecule has 5 nitrogen and oxygen atoms in total. The van der Waals surface area contributed by atoms with Gasteiger partial charge in [-0.25, -0.2) is 4.98 Å². The van der Waals surface area contributed by atoms with Crippen LogP contribution in [0, 0.1) is 0 Å². The zero-order chi connectivity index (χ0) is 17.9. The van der Waals surface area contributed by atoms with Crippen LogP contribution in [0.5, 0.6) is 0 Å². The number of carbonyl (C=O) groups is 1. The Bertz CT molecular complexity index is 927. The topological polar surface area (TPSA) is 55.3 Å². The van der Waals surface area contributed by atoms with E-state index in [0.29, 0.717) is 25.3 Å². The number of amides is 1. The Labute approximate surface area is 152 Å². The van der Waals surface area contributed by atoms with Crippen molar-refractivity contribution in [2.24, 2.45) is 0 Å². The number of nitrogens with zero attached hydrogens (tertiary/aromatic N) is 3. The maximum absolute atomic E-state index is 13.3. The van der Waals surface area contributed by atoms with E-state index in [1.54, 1.807) is 12.4 Å². The van der Waals surface area contributed by atoms with Crippen LogP contribution in [0.25, 0.3) is 22.2 Å². The molecule has 1 aliphatic heterocycles. The van der Waals surface area contributed by atoms with Crippen LogP contribution >= 0.6 is 0 Å². The van der Waals surface area contributed by atoms with Gasteiger partial charge >= 0.3 is 0 Å². The zero-order valence-electron chi connectivity index (χ0n) is 14.8. The minimum atomic E-state index is 0.0382. The van der Waals surface area contributed by atoms with Crippen molar-refractivity contribution in [2.75, 3.05) is 19.7 Å². The number of ether oxygens (including phenoxy) is 1. The summed E-state index contributed by atoms with van der Waals surface area (Å²) in [6, 6.07) is 13.5. The predicted molar refractivity (Wildman–Crippen MR) is 101 cm³/mol. The van der Waals surface area contributed by atoms with Gasteiger partial charge in [0.1, 0.15) is 0 Å². The summed E-state index contributed by atoms with van der Waals surface area (Å²) < 4.78 is 5.69. The Morgan fingerprint density at radius 3 is 2.85 bits per heavy atom. The number of pyridine rings is 2. The lowest BCUT2D eigenvalue weighted by molar-refractivity contribution is 0.0564. The summed E-state index contributed by atoms with van der Waals surface area (Å²) in [5, 5.41) is 0.883. The van der Waals surface area contributed by atoms with Gasteiger partial charge in [-0.15, -0.1) is 0 Å². The average Bonchev–Trinajstić information content (AvgIpc) is 2.91. The van der Waals surface area contributed by atoms with Gasteiger partial charge in [-0.05, 0) is 37.6 Å². The smallest absolute Gasteiger partial charge is 0.254 e. The second-order valence-electron chi connectivity index (χ2n) is 6.59. The third kappa shape index (κ3) is 3.30. The maximum Gasteiger partial charge on any atom is 0.254 e. The molecule has 1 atom stereocenters. The molecule has 132 valence electrons. The van der Waals surface area contributed by atoms with E-state index in [1.165, 1.54) is 0 Å². The van der Waals surface area contributed by atoms with Crippen molar-refractivity contribution in [1.82, 2.24) is 14.9 Å². The zero-order valence-corrected chi connectivity index (χ0v) is 14.8. The van der Waals surface area contributed by atoms with E-state index in [0.717, 1.165) is 28.6 Å². The molecule has 1 unspecified atom stereocenters. The van der Waals surface area contributed by atoms with Crippen LogP contribution in [-0.2, 0) is 4.74 Å². The van der Waals surface area contributed by atoms with Crippen molar-refractivity contribution < 1.29 is 9.53 Å². The average molecular weight is 347 g/mol. The van der Waals surface area contributed by atoms with Crippen molar-refractivity contribution in [1.29, 1.82) is 0 Å². The lowest BCUT2D eigenvalue weighted by Gasteiger charge is -2.23. The molecule has 1 aromatic carbocycles. The summed E-state index contributed by atoms with van der Waals surface area (Å²) in [6.45, 7) is 4.04. The third-order valence-electron chi connectivity index (χ3n) is 4.66. The first-order valence-electron chi connectivity index (χ1n) is 8.93. The molecule has 2 aromatic heterocycles. The largest absolute Gasteiger partial charge is 0.377 e. The maximum atomic E-state index is 13.3. The number of carbonyl (C=O) groups excluding carboxylic acids is 1. The Balaban J connectivity index is 1.81. The van der Waals surface area contributed by atoms with Crippen LogP contribution in [0.1, 0.15) is 23.7 Å². The Morgan fingerprint density at radius 2 is 2.00 bits per heavy atom. The fourth-order valence-corrected chi connectivity index (χ4v) is 3.37. The van der Waals surface area contributed by atoms with Gasteiger partial charge in [0.25, 0.3) is 5.91 Å². The van der Waals surface area contributed by atoms with Crippen LogP contribution in [-0.4, -0.2) is 46.6 Å². The number of aromatic nitrogens is 2. The molecule has 0 N–H and O–H groups in total. The van der Waals surface area contributed by atoms with Gasteiger partial charge in [-0.3, -0.25) is 9.78 Å². The van der Waals surface area contributed by atoms with E-state index in [9.17, 15) is 4.79 Å². The Hall–Kier alpha value is -2.79. The minimum Gasteiger partial charge on any atom is -0.377 e. The molecule has 4 rings (SSSR count). The number of hydrogen-bond donors (Lipinski definition) is 0. The summed E-state index contributed by atoms with van der Waals surface area (Å²) >= 11 is 0. The van der Waals surface area contributed by atoms with Gasteiger partial charge in [0, 0.05) is 43.0 Å². The van der Waals surface area contributed by atoms with Gasteiger partial charge < -0.3 is 9.64 Å². The summed E-state index contributed by atoms with van der Waals surface area (Å²) in [5.74, 6) is 0.0382. The van der Waals surface area contributed by atoms with E-state index in [1.807, 2.05) is 54.3 Å². The molecule has 0 bridgehead atoms. The molecule has 1 fully saturated rings. The quantitative estimate of drug-likeness (QED) is 0.711. The number of hydrogen-bond acceptors (Lipinski definition) is 4. The summed E-state index contributed by atoms with van der Waals surface area (Å²) in [7, 11) is 0. The van der Waals surface area contributed by atoms with E-state index < -0.39 is 0 Å².